The molecule has 1 aromatic heterocycles. The van der Waals surface area contributed by atoms with E-state index < -0.39 is 0 Å². The van der Waals surface area contributed by atoms with E-state index in [9.17, 15) is 4.79 Å². The molecule has 2 aromatic carbocycles. The van der Waals surface area contributed by atoms with Gasteiger partial charge in [0.1, 0.15) is 0 Å². The molecule has 0 bridgehead atoms. The summed E-state index contributed by atoms with van der Waals surface area (Å²) >= 11 is 0. The number of anilines is 1. The van der Waals surface area contributed by atoms with Crippen molar-refractivity contribution in [3.8, 4) is 0 Å². The predicted molar refractivity (Wildman–Crippen MR) is 83.1 cm³/mol. The van der Waals surface area contributed by atoms with E-state index in [-0.39, 0.29) is 5.56 Å². The number of rotatable bonds is 4. The summed E-state index contributed by atoms with van der Waals surface area (Å²) in [4.78, 5) is 11.6. The second-order valence-electron chi connectivity index (χ2n) is 4.69. The Kier molecular flexibility index (Phi) is 3.50. The first-order chi connectivity index (χ1) is 9.84. The molecule has 3 nitrogen and oxygen atoms in total. The standard InChI is InChI=1S/C17H16N2O/c20-17-10-3-4-12-19(17)13-11-18-16-9-5-7-14-6-1-2-8-15(14)16/h1-10,12,18H,11,13H2. The number of fused-ring (bicyclic) bond motifs is 1. The van der Waals surface area contributed by atoms with E-state index in [2.05, 4.69) is 29.6 Å². The number of aromatic nitrogens is 1. The van der Waals surface area contributed by atoms with Crippen molar-refractivity contribution in [1.29, 1.82) is 0 Å². The molecule has 3 aromatic rings. The maximum atomic E-state index is 11.6. The van der Waals surface area contributed by atoms with Crippen LogP contribution in [0.15, 0.2) is 71.7 Å². The fourth-order valence-electron chi connectivity index (χ4n) is 2.34. The monoisotopic (exact) mass is 264 g/mol. The van der Waals surface area contributed by atoms with Crippen LogP contribution in [0.3, 0.4) is 0 Å². The summed E-state index contributed by atoms with van der Waals surface area (Å²) < 4.78 is 1.71. The second kappa shape index (κ2) is 5.61. The molecule has 0 spiro atoms. The van der Waals surface area contributed by atoms with Crippen LogP contribution in [-0.2, 0) is 6.54 Å². The molecule has 0 aliphatic carbocycles. The van der Waals surface area contributed by atoms with Gasteiger partial charge >= 0.3 is 0 Å². The summed E-state index contributed by atoms with van der Waals surface area (Å²) in [6, 6.07) is 19.7. The smallest absolute Gasteiger partial charge is 0.250 e. The van der Waals surface area contributed by atoms with Crippen LogP contribution in [0.25, 0.3) is 10.8 Å². The Morgan fingerprint density at radius 1 is 0.900 bits per heavy atom. The van der Waals surface area contributed by atoms with Gasteiger partial charge in [-0.25, -0.2) is 0 Å². The third-order valence-electron chi connectivity index (χ3n) is 3.36. The lowest BCUT2D eigenvalue weighted by atomic mass is 10.1. The summed E-state index contributed by atoms with van der Waals surface area (Å²) in [5.41, 5.74) is 1.14. The van der Waals surface area contributed by atoms with Crippen molar-refractivity contribution in [3.05, 3.63) is 77.2 Å². The third-order valence-corrected chi connectivity index (χ3v) is 3.36. The van der Waals surface area contributed by atoms with Gasteiger partial charge in [-0.2, -0.15) is 0 Å². The lowest BCUT2D eigenvalue weighted by Crippen LogP contribution is -2.22. The highest BCUT2D eigenvalue weighted by Crippen LogP contribution is 2.22. The van der Waals surface area contributed by atoms with Crippen LogP contribution >= 0.6 is 0 Å². The fourth-order valence-corrected chi connectivity index (χ4v) is 2.34. The molecule has 0 fully saturated rings. The zero-order chi connectivity index (χ0) is 13.8. The van der Waals surface area contributed by atoms with Crippen LogP contribution < -0.4 is 10.9 Å². The normalized spacial score (nSPS) is 10.6. The van der Waals surface area contributed by atoms with E-state index in [1.165, 1.54) is 10.8 Å². The van der Waals surface area contributed by atoms with E-state index >= 15 is 0 Å². The molecule has 0 radical (unpaired) electrons. The number of hydrogen-bond acceptors (Lipinski definition) is 2. The van der Waals surface area contributed by atoms with E-state index in [1.54, 1.807) is 16.7 Å². The van der Waals surface area contributed by atoms with Crippen molar-refractivity contribution in [3.63, 3.8) is 0 Å². The quantitative estimate of drug-likeness (QED) is 0.785. The first-order valence-corrected chi connectivity index (χ1v) is 6.72. The highest BCUT2D eigenvalue weighted by Gasteiger charge is 1.99. The predicted octanol–water partition coefficient (Wildman–Crippen LogP) is 3.11. The summed E-state index contributed by atoms with van der Waals surface area (Å²) in [6.45, 7) is 1.38. The van der Waals surface area contributed by atoms with E-state index in [4.69, 9.17) is 0 Å². The molecule has 0 saturated heterocycles. The van der Waals surface area contributed by atoms with Gasteiger partial charge in [-0.15, -0.1) is 0 Å². The Bertz CT molecular complexity index is 772. The van der Waals surface area contributed by atoms with Crippen LogP contribution in [-0.4, -0.2) is 11.1 Å². The largest absolute Gasteiger partial charge is 0.383 e. The minimum Gasteiger partial charge on any atom is -0.383 e. The molecule has 0 amide bonds. The number of nitrogens with zero attached hydrogens (tertiary/aromatic N) is 1. The van der Waals surface area contributed by atoms with Crippen molar-refractivity contribution >= 4 is 16.5 Å². The Hall–Kier alpha value is -2.55. The van der Waals surface area contributed by atoms with Gasteiger partial charge in [0, 0.05) is 36.4 Å². The number of hydrogen-bond donors (Lipinski definition) is 1. The minimum absolute atomic E-state index is 0.0345. The van der Waals surface area contributed by atoms with Crippen LogP contribution in [0.1, 0.15) is 0 Å². The van der Waals surface area contributed by atoms with Crippen molar-refractivity contribution in [2.75, 3.05) is 11.9 Å². The molecule has 100 valence electrons. The fraction of sp³-hybridized carbons (Fsp3) is 0.118. The van der Waals surface area contributed by atoms with Gasteiger partial charge in [-0.05, 0) is 17.5 Å². The average Bonchev–Trinajstić information content (AvgIpc) is 2.49. The second-order valence-corrected chi connectivity index (χ2v) is 4.69. The van der Waals surface area contributed by atoms with E-state index in [0.717, 1.165) is 12.2 Å². The number of nitrogens with one attached hydrogen (secondary N) is 1. The molecule has 0 saturated carbocycles. The van der Waals surface area contributed by atoms with Gasteiger partial charge in [0.2, 0.25) is 0 Å². The van der Waals surface area contributed by atoms with Crippen LogP contribution in [0.5, 0.6) is 0 Å². The SMILES string of the molecule is O=c1ccccn1CCNc1cccc2ccccc12. The maximum absolute atomic E-state index is 11.6. The summed E-state index contributed by atoms with van der Waals surface area (Å²) in [5.74, 6) is 0. The van der Waals surface area contributed by atoms with Crippen molar-refractivity contribution in [2.45, 2.75) is 6.54 Å². The van der Waals surface area contributed by atoms with Gasteiger partial charge in [0.25, 0.3) is 5.56 Å². The van der Waals surface area contributed by atoms with Crippen molar-refractivity contribution < 1.29 is 0 Å². The molecule has 20 heavy (non-hydrogen) atoms. The highest BCUT2D eigenvalue weighted by molar-refractivity contribution is 5.93. The third kappa shape index (κ3) is 2.57. The first-order valence-electron chi connectivity index (χ1n) is 6.72. The average molecular weight is 264 g/mol. The minimum atomic E-state index is 0.0345. The molecule has 1 N–H and O–H groups in total. The van der Waals surface area contributed by atoms with Crippen molar-refractivity contribution in [1.82, 2.24) is 4.57 Å². The Labute approximate surface area is 117 Å². The highest BCUT2D eigenvalue weighted by atomic mass is 16.1. The van der Waals surface area contributed by atoms with Crippen LogP contribution in [0, 0.1) is 0 Å². The summed E-state index contributed by atoms with van der Waals surface area (Å²) in [7, 11) is 0. The number of benzene rings is 2. The Balaban J connectivity index is 1.75. The lowest BCUT2D eigenvalue weighted by molar-refractivity contribution is 0.698. The Morgan fingerprint density at radius 2 is 1.70 bits per heavy atom. The Morgan fingerprint density at radius 3 is 2.60 bits per heavy atom. The molecule has 1 heterocycles. The molecule has 0 aliphatic heterocycles. The van der Waals surface area contributed by atoms with Crippen LogP contribution in [0.2, 0.25) is 0 Å². The van der Waals surface area contributed by atoms with E-state index in [0.29, 0.717) is 6.54 Å². The van der Waals surface area contributed by atoms with Gasteiger partial charge in [-0.1, -0.05) is 42.5 Å². The summed E-state index contributed by atoms with van der Waals surface area (Å²) in [5, 5.41) is 5.82. The molecule has 0 aliphatic rings. The number of pyridine rings is 1. The summed E-state index contributed by atoms with van der Waals surface area (Å²) in [6.07, 6.45) is 1.81. The maximum Gasteiger partial charge on any atom is 0.250 e. The van der Waals surface area contributed by atoms with Gasteiger partial charge in [0.15, 0.2) is 0 Å². The van der Waals surface area contributed by atoms with Crippen LogP contribution in [0.4, 0.5) is 5.69 Å². The molecule has 0 atom stereocenters. The molecule has 3 rings (SSSR count). The van der Waals surface area contributed by atoms with Gasteiger partial charge in [-0.3, -0.25) is 4.79 Å². The lowest BCUT2D eigenvalue weighted by Gasteiger charge is -2.10. The molecular formula is C17H16N2O. The topological polar surface area (TPSA) is 34.0 Å². The zero-order valence-corrected chi connectivity index (χ0v) is 11.1. The zero-order valence-electron chi connectivity index (χ0n) is 11.1. The van der Waals surface area contributed by atoms with Crippen molar-refractivity contribution in [2.24, 2.45) is 0 Å². The molecular weight excluding hydrogens is 248 g/mol. The van der Waals surface area contributed by atoms with Gasteiger partial charge in [0.05, 0.1) is 0 Å². The van der Waals surface area contributed by atoms with E-state index in [1.807, 2.05) is 30.5 Å². The molecule has 3 heteroatoms. The first kappa shape index (κ1) is 12.5. The molecule has 0 unspecified atom stereocenters. The van der Waals surface area contributed by atoms with Gasteiger partial charge < -0.3 is 9.88 Å².